The number of allylic oxidation sites excluding steroid dienone is 2. The molecule has 0 radical (unpaired) electrons. The zero-order valence-corrected chi connectivity index (χ0v) is 12.3. The number of hydrogen-bond donors (Lipinski definition) is 1. The number of nitrogens with zero attached hydrogens (tertiary/aromatic N) is 2. The molecule has 0 aliphatic heterocycles. The minimum Gasteiger partial charge on any atom is -0.323 e. The molecule has 4 bridgehead atoms. The van der Waals surface area contributed by atoms with E-state index in [9.17, 15) is 5.26 Å². The van der Waals surface area contributed by atoms with E-state index in [4.69, 9.17) is 0 Å². The van der Waals surface area contributed by atoms with Crippen LogP contribution in [0, 0.1) is 40.9 Å². The Kier molecular flexibility index (Phi) is 3.30. The van der Waals surface area contributed by atoms with Gasteiger partial charge in [0.25, 0.3) is 0 Å². The van der Waals surface area contributed by atoms with Crippen LogP contribution in [0.2, 0.25) is 0 Å². The van der Waals surface area contributed by atoms with Crippen molar-refractivity contribution in [2.24, 2.45) is 29.6 Å². The van der Waals surface area contributed by atoms with Gasteiger partial charge >= 0.3 is 0 Å². The second-order valence-corrected chi connectivity index (χ2v) is 7.11. The zero-order chi connectivity index (χ0) is 13.6. The van der Waals surface area contributed by atoms with E-state index in [0.717, 1.165) is 34.9 Å². The smallest absolute Gasteiger partial charge is 0.0968 e. The fourth-order valence-electron chi connectivity index (χ4n) is 5.20. The van der Waals surface area contributed by atoms with Crippen molar-refractivity contribution in [3.05, 3.63) is 11.3 Å². The molecule has 0 heterocycles. The highest BCUT2D eigenvalue weighted by Crippen LogP contribution is 2.58. The largest absolute Gasteiger partial charge is 0.323 e. The maximum absolute atomic E-state index is 9.63. The predicted molar refractivity (Wildman–Crippen MR) is 75.7 cm³/mol. The van der Waals surface area contributed by atoms with Crippen LogP contribution in [0.3, 0.4) is 0 Å². The highest BCUT2D eigenvalue weighted by Gasteiger charge is 2.49. The fourth-order valence-corrected chi connectivity index (χ4v) is 5.20. The lowest BCUT2D eigenvalue weighted by molar-refractivity contribution is -0.0198. The van der Waals surface area contributed by atoms with E-state index in [1.165, 1.54) is 32.1 Å². The van der Waals surface area contributed by atoms with Gasteiger partial charge in [-0.3, -0.25) is 0 Å². The summed E-state index contributed by atoms with van der Waals surface area (Å²) in [6.07, 6.45) is 6.96. The van der Waals surface area contributed by atoms with Gasteiger partial charge in [-0.1, -0.05) is 0 Å². The molecule has 0 saturated heterocycles. The molecule has 4 aliphatic rings. The Hall–Kier alpha value is -1.01. The van der Waals surface area contributed by atoms with Crippen LogP contribution in [-0.2, 0) is 0 Å². The van der Waals surface area contributed by atoms with Gasteiger partial charge < -0.3 is 5.43 Å². The summed E-state index contributed by atoms with van der Waals surface area (Å²) in [5, 5.41) is 11.6. The number of rotatable bonds is 3. The molecule has 19 heavy (non-hydrogen) atoms. The summed E-state index contributed by atoms with van der Waals surface area (Å²) < 4.78 is 0. The van der Waals surface area contributed by atoms with Crippen molar-refractivity contribution >= 4 is 0 Å². The van der Waals surface area contributed by atoms with Crippen LogP contribution in [0.15, 0.2) is 11.3 Å². The van der Waals surface area contributed by atoms with Gasteiger partial charge in [-0.05, 0) is 62.7 Å². The second kappa shape index (κ2) is 4.83. The minimum absolute atomic E-state index is 0.533. The van der Waals surface area contributed by atoms with E-state index < -0.39 is 0 Å². The fraction of sp³-hybridized carbons (Fsp3) is 0.812. The van der Waals surface area contributed by atoms with Crippen LogP contribution < -0.4 is 5.43 Å². The van der Waals surface area contributed by atoms with Crippen LogP contribution >= 0.6 is 0 Å². The van der Waals surface area contributed by atoms with E-state index >= 15 is 0 Å². The SMILES string of the molecule is C/C(NN(C)C)=C(/C#N)C1C2CC3CC(C2)CC1C3. The number of nitriles is 1. The van der Waals surface area contributed by atoms with Crippen molar-refractivity contribution < 1.29 is 0 Å². The number of nitrogens with one attached hydrogen (secondary N) is 1. The molecule has 4 saturated carbocycles. The molecule has 0 atom stereocenters. The van der Waals surface area contributed by atoms with Gasteiger partial charge in [0.05, 0.1) is 11.6 Å². The highest BCUT2D eigenvalue weighted by molar-refractivity contribution is 5.31. The molecule has 3 nitrogen and oxygen atoms in total. The van der Waals surface area contributed by atoms with Crippen molar-refractivity contribution in [3.8, 4) is 6.07 Å². The maximum atomic E-state index is 9.63. The average molecular weight is 259 g/mol. The van der Waals surface area contributed by atoms with E-state index in [1.54, 1.807) is 0 Å². The molecule has 1 N–H and O–H groups in total. The van der Waals surface area contributed by atoms with E-state index in [2.05, 4.69) is 18.4 Å². The molecule has 4 rings (SSSR count). The topological polar surface area (TPSA) is 39.1 Å². The van der Waals surface area contributed by atoms with Gasteiger partial charge in [-0.15, -0.1) is 0 Å². The molecule has 0 unspecified atom stereocenters. The first-order valence-corrected chi connectivity index (χ1v) is 7.63. The Labute approximate surface area is 116 Å². The summed E-state index contributed by atoms with van der Waals surface area (Å²) in [7, 11) is 3.96. The predicted octanol–water partition coefficient (Wildman–Crippen LogP) is 2.92. The third-order valence-electron chi connectivity index (χ3n) is 5.48. The van der Waals surface area contributed by atoms with Crippen molar-refractivity contribution in [2.45, 2.75) is 39.0 Å². The lowest BCUT2D eigenvalue weighted by Crippen LogP contribution is -2.46. The maximum Gasteiger partial charge on any atom is 0.0968 e. The Balaban J connectivity index is 1.86. The standard InChI is InChI=1S/C16H25N3/c1-10(18-19(2)3)15(9-17)16-13-5-11-4-12(7-13)8-14(16)6-11/h11-14,16,18H,4-8H2,1-3H3/b15-10+. The van der Waals surface area contributed by atoms with Gasteiger partial charge in [-0.2, -0.15) is 5.26 Å². The number of hydrogen-bond acceptors (Lipinski definition) is 3. The van der Waals surface area contributed by atoms with Crippen LogP contribution in [-0.4, -0.2) is 19.1 Å². The van der Waals surface area contributed by atoms with Crippen molar-refractivity contribution in [3.63, 3.8) is 0 Å². The van der Waals surface area contributed by atoms with E-state index in [1.807, 2.05) is 19.1 Å². The molecule has 0 aromatic rings. The summed E-state index contributed by atoms with van der Waals surface area (Å²) in [4.78, 5) is 0. The quantitative estimate of drug-likeness (QED) is 0.625. The van der Waals surface area contributed by atoms with Gasteiger partial charge in [0.15, 0.2) is 0 Å². The molecule has 4 fully saturated rings. The molecule has 0 amide bonds. The van der Waals surface area contributed by atoms with Gasteiger partial charge in [-0.25, -0.2) is 5.01 Å². The van der Waals surface area contributed by atoms with Crippen LogP contribution in [0.25, 0.3) is 0 Å². The van der Waals surface area contributed by atoms with Gasteiger partial charge in [0.1, 0.15) is 0 Å². The molecule has 0 spiro atoms. The highest BCUT2D eigenvalue weighted by atomic mass is 15.5. The minimum atomic E-state index is 0.533. The summed E-state index contributed by atoms with van der Waals surface area (Å²) in [5.41, 5.74) is 5.38. The van der Waals surface area contributed by atoms with Crippen LogP contribution in [0.5, 0.6) is 0 Å². The normalized spacial score (nSPS) is 41.1. The van der Waals surface area contributed by atoms with Crippen LogP contribution in [0.4, 0.5) is 0 Å². The summed E-state index contributed by atoms with van der Waals surface area (Å²) in [5.74, 6) is 4.04. The Morgan fingerprint density at radius 1 is 1.05 bits per heavy atom. The van der Waals surface area contributed by atoms with Crippen molar-refractivity contribution in [1.29, 1.82) is 5.26 Å². The second-order valence-electron chi connectivity index (χ2n) is 7.11. The first kappa shape index (κ1) is 13.0. The Morgan fingerprint density at radius 3 is 2.00 bits per heavy atom. The third kappa shape index (κ3) is 2.27. The third-order valence-corrected chi connectivity index (χ3v) is 5.48. The van der Waals surface area contributed by atoms with Crippen LogP contribution in [0.1, 0.15) is 39.0 Å². The monoisotopic (exact) mass is 259 g/mol. The van der Waals surface area contributed by atoms with Crippen molar-refractivity contribution in [2.75, 3.05) is 14.1 Å². The summed E-state index contributed by atoms with van der Waals surface area (Å²) in [6, 6.07) is 2.53. The van der Waals surface area contributed by atoms with Gasteiger partial charge in [0.2, 0.25) is 0 Å². The molecule has 104 valence electrons. The summed E-state index contributed by atoms with van der Waals surface area (Å²) >= 11 is 0. The van der Waals surface area contributed by atoms with E-state index in [0.29, 0.717) is 5.92 Å². The molecule has 0 aromatic heterocycles. The lowest BCUT2D eigenvalue weighted by Gasteiger charge is -2.54. The summed E-state index contributed by atoms with van der Waals surface area (Å²) in [6.45, 7) is 2.06. The lowest BCUT2D eigenvalue weighted by atomic mass is 9.50. The van der Waals surface area contributed by atoms with Crippen molar-refractivity contribution in [1.82, 2.24) is 10.4 Å². The molecule has 3 heteroatoms. The van der Waals surface area contributed by atoms with E-state index in [-0.39, 0.29) is 0 Å². The molecular weight excluding hydrogens is 234 g/mol. The average Bonchev–Trinajstić information content (AvgIpc) is 2.31. The first-order valence-electron chi connectivity index (χ1n) is 7.63. The molecular formula is C16H25N3. The first-order chi connectivity index (χ1) is 9.08. The zero-order valence-electron chi connectivity index (χ0n) is 12.3. The molecule has 4 aliphatic carbocycles. The Morgan fingerprint density at radius 2 is 1.58 bits per heavy atom. The number of hydrazine groups is 1. The van der Waals surface area contributed by atoms with Gasteiger partial charge in [0, 0.05) is 25.7 Å². The Bertz CT molecular complexity index is 402. The molecule has 0 aromatic carbocycles.